The van der Waals surface area contributed by atoms with Crippen molar-refractivity contribution >= 4 is 21.6 Å². The molecule has 1 aromatic rings. The molecule has 1 aromatic carbocycles. The van der Waals surface area contributed by atoms with Crippen LogP contribution in [0.15, 0.2) is 24.3 Å². The van der Waals surface area contributed by atoms with Gasteiger partial charge in [-0.3, -0.25) is 0 Å². The normalized spacial score (nSPS) is 18.6. The van der Waals surface area contributed by atoms with Gasteiger partial charge in [0.1, 0.15) is 0 Å². The second-order valence-electron chi connectivity index (χ2n) is 5.08. The summed E-state index contributed by atoms with van der Waals surface area (Å²) in [6, 6.07) is 6.98. The largest absolute Gasteiger partial charge is 0.306 e. The van der Waals surface area contributed by atoms with Crippen LogP contribution in [0, 0.1) is 0 Å². The molecular formula is C13H19ClN2O2S. The van der Waals surface area contributed by atoms with Gasteiger partial charge in [0, 0.05) is 11.1 Å². The summed E-state index contributed by atoms with van der Waals surface area (Å²) in [4.78, 5) is 2.21. The fraction of sp³-hybridized carbons (Fsp3) is 0.538. The molecule has 0 spiro atoms. The molecule has 4 nitrogen and oxygen atoms in total. The number of hydrogen-bond donors (Lipinski definition) is 1. The first-order chi connectivity index (χ1) is 8.94. The van der Waals surface area contributed by atoms with Crippen molar-refractivity contribution in [1.29, 1.82) is 0 Å². The molecule has 0 bridgehead atoms. The molecule has 1 fully saturated rings. The van der Waals surface area contributed by atoms with Crippen molar-refractivity contribution in [3.05, 3.63) is 34.9 Å². The van der Waals surface area contributed by atoms with Gasteiger partial charge in [0.05, 0.1) is 5.75 Å². The van der Waals surface area contributed by atoms with Gasteiger partial charge in [0.15, 0.2) is 0 Å². The maximum absolute atomic E-state index is 12.1. The molecule has 0 amide bonds. The van der Waals surface area contributed by atoms with Crippen molar-refractivity contribution in [2.45, 2.75) is 24.6 Å². The second-order valence-corrected chi connectivity index (χ2v) is 7.27. The van der Waals surface area contributed by atoms with E-state index in [-0.39, 0.29) is 11.8 Å². The van der Waals surface area contributed by atoms with Gasteiger partial charge >= 0.3 is 0 Å². The maximum atomic E-state index is 12.1. The lowest BCUT2D eigenvalue weighted by molar-refractivity contribution is 0.248. The third-order valence-electron chi connectivity index (χ3n) is 3.33. The van der Waals surface area contributed by atoms with Crippen LogP contribution in [0.4, 0.5) is 0 Å². The smallest absolute Gasteiger partial charge is 0.216 e. The fourth-order valence-corrected chi connectivity index (χ4v) is 3.81. The van der Waals surface area contributed by atoms with Gasteiger partial charge in [-0.05, 0) is 50.7 Å². The summed E-state index contributed by atoms with van der Waals surface area (Å²) >= 11 is 5.78. The molecule has 19 heavy (non-hydrogen) atoms. The van der Waals surface area contributed by atoms with Crippen molar-refractivity contribution in [3.8, 4) is 0 Å². The number of halogens is 1. The molecule has 0 aromatic heterocycles. The molecule has 0 unspecified atom stereocenters. The first-order valence-corrected chi connectivity index (χ1v) is 8.41. The van der Waals surface area contributed by atoms with Crippen molar-refractivity contribution in [1.82, 2.24) is 9.62 Å². The third-order valence-corrected chi connectivity index (χ3v) is 4.99. The Morgan fingerprint density at radius 3 is 2.42 bits per heavy atom. The zero-order valence-electron chi connectivity index (χ0n) is 11.0. The van der Waals surface area contributed by atoms with Crippen molar-refractivity contribution in [2.75, 3.05) is 20.1 Å². The lowest BCUT2D eigenvalue weighted by Crippen LogP contribution is -2.43. The predicted molar refractivity (Wildman–Crippen MR) is 77.7 cm³/mol. The quantitative estimate of drug-likeness (QED) is 0.923. The molecule has 1 heterocycles. The summed E-state index contributed by atoms with van der Waals surface area (Å²) in [5.74, 6) is 0.0104. The molecule has 0 saturated carbocycles. The highest BCUT2D eigenvalue weighted by Gasteiger charge is 2.22. The van der Waals surface area contributed by atoms with Gasteiger partial charge in [-0.1, -0.05) is 23.7 Å². The Morgan fingerprint density at radius 1 is 1.26 bits per heavy atom. The van der Waals surface area contributed by atoms with Gasteiger partial charge in [-0.25, -0.2) is 13.1 Å². The molecule has 0 radical (unpaired) electrons. The molecule has 1 aliphatic heterocycles. The topological polar surface area (TPSA) is 49.4 Å². The van der Waals surface area contributed by atoms with Crippen LogP contribution < -0.4 is 4.72 Å². The highest BCUT2D eigenvalue weighted by Crippen LogP contribution is 2.14. The number of nitrogens with zero attached hydrogens (tertiary/aromatic N) is 1. The van der Waals surface area contributed by atoms with E-state index in [0.717, 1.165) is 31.5 Å². The molecular weight excluding hydrogens is 284 g/mol. The van der Waals surface area contributed by atoms with Crippen LogP contribution in [0.2, 0.25) is 5.02 Å². The lowest BCUT2D eigenvalue weighted by atomic mass is 10.1. The van der Waals surface area contributed by atoms with Gasteiger partial charge in [0.2, 0.25) is 10.0 Å². The number of likely N-dealkylation sites (tertiary alicyclic amines) is 1. The lowest BCUT2D eigenvalue weighted by Gasteiger charge is -2.29. The van der Waals surface area contributed by atoms with Gasteiger partial charge in [0.25, 0.3) is 0 Å². The molecule has 1 aliphatic rings. The van der Waals surface area contributed by atoms with Crippen LogP contribution in [0.25, 0.3) is 0 Å². The number of sulfonamides is 1. The highest BCUT2D eigenvalue weighted by atomic mass is 35.5. The number of nitrogens with one attached hydrogen (secondary N) is 1. The van der Waals surface area contributed by atoms with Crippen LogP contribution in [0.5, 0.6) is 0 Å². The minimum absolute atomic E-state index is 0.0104. The number of rotatable bonds is 4. The molecule has 0 aliphatic carbocycles. The molecule has 106 valence electrons. The predicted octanol–water partition coefficient (Wildman–Crippen LogP) is 1.85. The van der Waals surface area contributed by atoms with Crippen LogP contribution in [-0.2, 0) is 15.8 Å². The highest BCUT2D eigenvalue weighted by molar-refractivity contribution is 7.88. The number of benzene rings is 1. The fourth-order valence-electron chi connectivity index (χ4n) is 2.22. The SMILES string of the molecule is CN1CCC(NS(=O)(=O)Cc2ccc(Cl)cc2)CC1. The zero-order valence-corrected chi connectivity index (χ0v) is 12.5. The molecule has 0 atom stereocenters. The standard InChI is InChI=1S/C13H19ClN2O2S/c1-16-8-6-13(7-9-16)15-19(17,18)10-11-2-4-12(14)5-3-11/h2-5,13,15H,6-10H2,1H3. The summed E-state index contributed by atoms with van der Waals surface area (Å²) in [7, 11) is -1.22. The summed E-state index contributed by atoms with van der Waals surface area (Å²) in [5, 5.41) is 0.615. The summed E-state index contributed by atoms with van der Waals surface area (Å²) < 4.78 is 26.9. The van der Waals surface area contributed by atoms with Crippen LogP contribution in [-0.4, -0.2) is 39.5 Å². The molecule has 1 saturated heterocycles. The summed E-state index contributed by atoms with van der Waals surface area (Å²) in [5.41, 5.74) is 0.754. The summed E-state index contributed by atoms with van der Waals surface area (Å²) in [6.45, 7) is 1.88. The molecule has 2 rings (SSSR count). The van der Waals surface area contributed by atoms with E-state index in [9.17, 15) is 8.42 Å². The Hall–Kier alpha value is -0.620. The number of hydrogen-bond acceptors (Lipinski definition) is 3. The third kappa shape index (κ3) is 4.76. The molecule has 1 N–H and O–H groups in total. The van der Waals surface area contributed by atoms with E-state index in [1.54, 1.807) is 24.3 Å². The van der Waals surface area contributed by atoms with Crippen LogP contribution >= 0.6 is 11.6 Å². The van der Waals surface area contributed by atoms with Crippen LogP contribution in [0.3, 0.4) is 0 Å². The van der Waals surface area contributed by atoms with Gasteiger partial charge in [-0.2, -0.15) is 0 Å². The zero-order chi connectivity index (χ0) is 13.9. The second kappa shape index (κ2) is 6.22. The average molecular weight is 303 g/mol. The Bertz CT molecular complexity index is 508. The van der Waals surface area contributed by atoms with Gasteiger partial charge < -0.3 is 4.90 Å². The monoisotopic (exact) mass is 302 g/mol. The first-order valence-electron chi connectivity index (χ1n) is 6.37. The van der Waals surface area contributed by atoms with E-state index in [1.165, 1.54) is 0 Å². The van der Waals surface area contributed by atoms with Crippen molar-refractivity contribution in [2.24, 2.45) is 0 Å². The van der Waals surface area contributed by atoms with E-state index >= 15 is 0 Å². The number of piperidine rings is 1. The van der Waals surface area contributed by atoms with Gasteiger partial charge in [-0.15, -0.1) is 0 Å². The van der Waals surface area contributed by atoms with E-state index in [0.29, 0.717) is 5.02 Å². The van der Waals surface area contributed by atoms with Crippen molar-refractivity contribution in [3.63, 3.8) is 0 Å². The summed E-state index contributed by atoms with van der Waals surface area (Å²) in [6.07, 6.45) is 1.74. The first kappa shape index (κ1) is 14.8. The van der Waals surface area contributed by atoms with Crippen molar-refractivity contribution < 1.29 is 8.42 Å². The van der Waals surface area contributed by atoms with Crippen LogP contribution in [0.1, 0.15) is 18.4 Å². The minimum Gasteiger partial charge on any atom is -0.306 e. The maximum Gasteiger partial charge on any atom is 0.216 e. The van der Waals surface area contributed by atoms with E-state index in [4.69, 9.17) is 11.6 Å². The Balaban J connectivity index is 1.93. The van der Waals surface area contributed by atoms with E-state index in [2.05, 4.69) is 16.7 Å². The average Bonchev–Trinajstić information content (AvgIpc) is 2.34. The Labute approximate surface area is 119 Å². The minimum atomic E-state index is -3.28. The Morgan fingerprint density at radius 2 is 1.84 bits per heavy atom. The molecule has 6 heteroatoms. The van der Waals surface area contributed by atoms with E-state index < -0.39 is 10.0 Å². The Kier molecular flexibility index (Phi) is 4.84. The van der Waals surface area contributed by atoms with E-state index in [1.807, 2.05) is 0 Å².